The highest BCUT2D eigenvalue weighted by Gasteiger charge is 2.39. The van der Waals surface area contributed by atoms with Crippen molar-refractivity contribution in [2.45, 2.75) is 51.1 Å². The highest BCUT2D eigenvalue weighted by Crippen LogP contribution is 2.41. The van der Waals surface area contributed by atoms with E-state index in [0.29, 0.717) is 0 Å². The molecule has 1 saturated carbocycles. The highest BCUT2D eigenvalue weighted by atomic mass is 15.1. The van der Waals surface area contributed by atoms with Crippen LogP contribution in [0.25, 0.3) is 0 Å². The van der Waals surface area contributed by atoms with Gasteiger partial charge in [-0.15, -0.1) is 0 Å². The zero-order valence-corrected chi connectivity index (χ0v) is 13.4. The first kappa shape index (κ1) is 14.8. The minimum Gasteiger partial charge on any atom is -0.311 e. The summed E-state index contributed by atoms with van der Waals surface area (Å²) in [5, 5.41) is 3.88. The fourth-order valence-electron chi connectivity index (χ4n) is 3.34. The topological polar surface area (TPSA) is 15.3 Å². The van der Waals surface area contributed by atoms with Crippen LogP contribution in [0, 0.1) is 0 Å². The first-order valence-electron chi connectivity index (χ1n) is 8.39. The van der Waals surface area contributed by atoms with Crippen LogP contribution >= 0.6 is 0 Å². The second-order valence-corrected chi connectivity index (χ2v) is 6.88. The molecule has 1 heterocycles. The maximum absolute atomic E-state index is 3.88. The standard InChI is InChI=1S/C19H28N2/c1-15(2)8-11-21-12-9-17(10-13-21)20-19-14-18(19)16-6-4-3-5-7-16/h3-8,17-20H,9-14H2,1-2H3. The number of hydrogen-bond acceptors (Lipinski definition) is 2. The average molecular weight is 284 g/mol. The van der Waals surface area contributed by atoms with Gasteiger partial charge in [0, 0.05) is 24.5 Å². The largest absolute Gasteiger partial charge is 0.311 e. The number of allylic oxidation sites excluding steroid dienone is 1. The van der Waals surface area contributed by atoms with Gasteiger partial charge < -0.3 is 5.32 Å². The lowest BCUT2D eigenvalue weighted by molar-refractivity contribution is 0.214. The third-order valence-electron chi connectivity index (χ3n) is 4.81. The summed E-state index contributed by atoms with van der Waals surface area (Å²) in [7, 11) is 0. The van der Waals surface area contributed by atoms with E-state index >= 15 is 0 Å². The summed E-state index contributed by atoms with van der Waals surface area (Å²) < 4.78 is 0. The van der Waals surface area contributed by atoms with Crippen LogP contribution in [0.2, 0.25) is 0 Å². The van der Waals surface area contributed by atoms with Crippen molar-refractivity contribution in [2.75, 3.05) is 19.6 Å². The highest BCUT2D eigenvalue weighted by molar-refractivity contribution is 5.27. The normalized spacial score (nSPS) is 26.6. The van der Waals surface area contributed by atoms with Crippen molar-refractivity contribution in [3.05, 3.63) is 47.5 Å². The molecule has 0 spiro atoms. The first-order chi connectivity index (χ1) is 10.2. The van der Waals surface area contributed by atoms with Crippen molar-refractivity contribution in [3.63, 3.8) is 0 Å². The minimum atomic E-state index is 0.724. The van der Waals surface area contributed by atoms with Gasteiger partial charge in [0.15, 0.2) is 0 Å². The number of nitrogens with zero attached hydrogens (tertiary/aromatic N) is 1. The molecule has 0 radical (unpaired) electrons. The predicted molar refractivity (Wildman–Crippen MR) is 89.6 cm³/mol. The molecule has 3 rings (SSSR count). The van der Waals surface area contributed by atoms with Crippen LogP contribution in [0.1, 0.15) is 44.6 Å². The maximum atomic E-state index is 3.88. The Hall–Kier alpha value is -1.12. The van der Waals surface area contributed by atoms with E-state index in [-0.39, 0.29) is 0 Å². The summed E-state index contributed by atoms with van der Waals surface area (Å²) in [5.41, 5.74) is 2.94. The van der Waals surface area contributed by atoms with Crippen molar-refractivity contribution in [3.8, 4) is 0 Å². The summed E-state index contributed by atoms with van der Waals surface area (Å²) in [6.07, 6.45) is 6.27. The molecule has 2 fully saturated rings. The number of benzene rings is 1. The molecule has 114 valence electrons. The molecule has 2 unspecified atom stereocenters. The Morgan fingerprint density at radius 3 is 2.57 bits per heavy atom. The molecule has 1 saturated heterocycles. The van der Waals surface area contributed by atoms with Crippen molar-refractivity contribution in [1.29, 1.82) is 0 Å². The zero-order valence-electron chi connectivity index (χ0n) is 13.4. The Kier molecular flexibility index (Phi) is 4.77. The molecule has 0 bridgehead atoms. The van der Waals surface area contributed by atoms with Crippen LogP contribution in [0.15, 0.2) is 42.0 Å². The van der Waals surface area contributed by atoms with E-state index < -0.39 is 0 Å². The zero-order chi connectivity index (χ0) is 14.7. The van der Waals surface area contributed by atoms with Crippen LogP contribution < -0.4 is 5.32 Å². The molecule has 1 N–H and O–H groups in total. The quantitative estimate of drug-likeness (QED) is 0.832. The van der Waals surface area contributed by atoms with Gasteiger partial charge in [-0.3, -0.25) is 4.90 Å². The van der Waals surface area contributed by atoms with Crippen LogP contribution in [0.3, 0.4) is 0 Å². The summed E-state index contributed by atoms with van der Waals surface area (Å²) >= 11 is 0. The summed E-state index contributed by atoms with van der Waals surface area (Å²) in [5.74, 6) is 0.759. The van der Waals surface area contributed by atoms with E-state index in [0.717, 1.165) is 24.5 Å². The van der Waals surface area contributed by atoms with E-state index in [1.54, 1.807) is 0 Å². The van der Waals surface area contributed by atoms with Gasteiger partial charge in [0.05, 0.1) is 0 Å². The molecule has 2 atom stereocenters. The van der Waals surface area contributed by atoms with E-state index in [1.807, 2.05) is 0 Å². The second kappa shape index (κ2) is 6.76. The second-order valence-electron chi connectivity index (χ2n) is 6.88. The van der Waals surface area contributed by atoms with E-state index in [4.69, 9.17) is 0 Å². The Balaban J connectivity index is 1.40. The van der Waals surface area contributed by atoms with Gasteiger partial charge in [0.25, 0.3) is 0 Å². The average Bonchev–Trinajstić information content (AvgIpc) is 3.27. The van der Waals surface area contributed by atoms with Gasteiger partial charge in [-0.2, -0.15) is 0 Å². The Morgan fingerprint density at radius 2 is 1.90 bits per heavy atom. The summed E-state index contributed by atoms with van der Waals surface area (Å²) in [4.78, 5) is 2.58. The first-order valence-corrected chi connectivity index (χ1v) is 8.39. The smallest absolute Gasteiger partial charge is 0.0165 e. The van der Waals surface area contributed by atoms with Crippen molar-refractivity contribution in [1.82, 2.24) is 10.2 Å². The SMILES string of the molecule is CC(C)=CCN1CCC(NC2CC2c2ccccc2)CC1. The van der Waals surface area contributed by atoms with Crippen molar-refractivity contribution >= 4 is 0 Å². The molecule has 2 heteroatoms. The van der Waals surface area contributed by atoms with Gasteiger partial charge in [0.1, 0.15) is 0 Å². The van der Waals surface area contributed by atoms with Gasteiger partial charge in [-0.25, -0.2) is 0 Å². The lowest BCUT2D eigenvalue weighted by Gasteiger charge is -2.32. The van der Waals surface area contributed by atoms with E-state index in [2.05, 4.69) is 60.5 Å². The van der Waals surface area contributed by atoms with Crippen LogP contribution in [0.5, 0.6) is 0 Å². The molecule has 2 aliphatic rings. The fourth-order valence-corrected chi connectivity index (χ4v) is 3.34. The minimum absolute atomic E-state index is 0.724. The molecular formula is C19H28N2. The number of piperidine rings is 1. The van der Waals surface area contributed by atoms with Crippen LogP contribution in [-0.2, 0) is 0 Å². The third kappa shape index (κ3) is 4.18. The lowest BCUT2D eigenvalue weighted by Crippen LogP contribution is -2.43. The number of rotatable bonds is 5. The van der Waals surface area contributed by atoms with Crippen molar-refractivity contribution < 1.29 is 0 Å². The van der Waals surface area contributed by atoms with Crippen molar-refractivity contribution in [2.24, 2.45) is 0 Å². The van der Waals surface area contributed by atoms with Gasteiger partial charge in [0.2, 0.25) is 0 Å². The van der Waals surface area contributed by atoms with Gasteiger partial charge in [-0.05, 0) is 51.8 Å². The molecular weight excluding hydrogens is 256 g/mol. The van der Waals surface area contributed by atoms with Gasteiger partial charge >= 0.3 is 0 Å². The summed E-state index contributed by atoms with van der Waals surface area (Å²) in [6, 6.07) is 12.4. The predicted octanol–water partition coefficient (Wildman–Crippen LogP) is 3.56. The molecule has 0 aromatic heterocycles. The fraction of sp³-hybridized carbons (Fsp3) is 0.579. The maximum Gasteiger partial charge on any atom is 0.0165 e. The van der Waals surface area contributed by atoms with Crippen LogP contribution in [0.4, 0.5) is 0 Å². The Bertz CT molecular complexity index is 468. The molecule has 1 aromatic rings. The molecule has 2 nitrogen and oxygen atoms in total. The molecule has 1 aliphatic heterocycles. The Labute approximate surface area is 129 Å². The van der Waals surface area contributed by atoms with E-state index in [9.17, 15) is 0 Å². The summed E-state index contributed by atoms with van der Waals surface area (Å²) in [6.45, 7) is 7.98. The van der Waals surface area contributed by atoms with Crippen LogP contribution in [-0.4, -0.2) is 36.6 Å². The van der Waals surface area contributed by atoms with E-state index in [1.165, 1.54) is 43.5 Å². The molecule has 1 aromatic carbocycles. The lowest BCUT2D eigenvalue weighted by atomic mass is 10.0. The third-order valence-corrected chi connectivity index (χ3v) is 4.81. The number of likely N-dealkylation sites (tertiary alicyclic amines) is 1. The Morgan fingerprint density at radius 1 is 1.19 bits per heavy atom. The number of nitrogens with one attached hydrogen (secondary N) is 1. The monoisotopic (exact) mass is 284 g/mol. The molecule has 0 amide bonds. The number of hydrogen-bond donors (Lipinski definition) is 1. The van der Waals surface area contributed by atoms with Gasteiger partial charge in [-0.1, -0.05) is 42.0 Å². The molecule has 21 heavy (non-hydrogen) atoms. The molecule has 1 aliphatic carbocycles.